The summed E-state index contributed by atoms with van der Waals surface area (Å²) >= 11 is 0. The van der Waals surface area contributed by atoms with Crippen LogP contribution in [0, 0.1) is 0 Å². The van der Waals surface area contributed by atoms with E-state index in [1.807, 2.05) is 19.9 Å². The molecule has 3 N–H and O–H groups in total. The third-order valence-electron chi connectivity index (χ3n) is 2.71. The Bertz CT molecular complexity index is 575. The summed E-state index contributed by atoms with van der Waals surface area (Å²) in [6.07, 6.45) is 3.18. The number of carbonyl (C=O) groups is 1. The molecule has 0 aliphatic carbocycles. The van der Waals surface area contributed by atoms with Crippen LogP contribution in [0.1, 0.15) is 24.2 Å². The Hall–Kier alpha value is -2.01. The van der Waals surface area contributed by atoms with Crippen molar-refractivity contribution in [2.24, 2.45) is 5.73 Å². The first-order valence-corrected chi connectivity index (χ1v) is 5.76. The maximum absolute atomic E-state index is 12.2. The van der Waals surface area contributed by atoms with E-state index in [1.165, 1.54) is 0 Å². The Balaban J connectivity index is 2.39. The molecule has 1 heterocycles. The molecule has 0 aliphatic heterocycles. The number of nitrogens with zero attached hydrogens (tertiary/aromatic N) is 2. The van der Waals surface area contributed by atoms with Gasteiger partial charge in [-0.2, -0.15) is 0 Å². The van der Waals surface area contributed by atoms with Crippen LogP contribution in [0.15, 0.2) is 30.6 Å². The maximum atomic E-state index is 12.2. The van der Waals surface area contributed by atoms with Crippen LogP contribution < -0.4 is 11.1 Å². The summed E-state index contributed by atoms with van der Waals surface area (Å²) in [6.45, 7) is 4.12. The summed E-state index contributed by atoms with van der Waals surface area (Å²) < 4.78 is 0. The zero-order valence-corrected chi connectivity index (χ0v) is 10.5. The van der Waals surface area contributed by atoms with Gasteiger partial charge in [0, 0.05) is 24.5 Å². The standard InChI is InChI=1S/C13H16N4O/c1-13(2,8-14)17-12(18)9-4-3-5-10-11(9)16-7-6-15-10/h3-7H,8,14H2,1-2H3,(H,17,18). The molecule has 0 aliphatic rings. The molecule has 0 atom stereocenters. The lowest BCUT2D eigenvalue weighted by Gasteiger charge is -2.24. The fraction of sp³-hybridized carbons (Fsp3) is 0.308. The first-order chi connectivity index (χ1) is 8.53. The van der Waals surface area contributed by atoms with Gasteiger partial charge in [0.1, 0.15) is 5.52 Å². The van der Waals surface area contributed by atoms with E-state index in [2.05, 4.69) is 15.3 Å². The zero-order chi connectivity index (χ0) is 13.2. The van der Waals surface area contributed by atoms with E-state index in [4.69, 9.17) is 5.73 Å². The van der Waals surface area contributed by atoms with Crippen molar-refractivity contribution in [1.29, 1.82) is 0 Å². The quantitative estimate of drug-likeness (QED) is 0.847. The Morgan fingerprint density at radius 1 is 1.33 bits per heavy atom. The Kier molecular flexibility index (Phi) is 3.25. The van der Waals surface area contributed by atoms with Gasteiger partial charge in [0.2, 0.25) is 0 Å². The minimum Gasteiger partial charge on any atom is -0.346 e. The Morgan fingerprint density at radius 3 is 2.78 bits per heavy atom. The van der Waals surface area contributed by atoms with Gasteiger partial charge in [-0.1, -0.05) is 6.07 Å². The minimum atomic E-state index is -0.443. The fourth-order valence-electron chi connectivity index (χ4n) is 1.60. The topological polar surface area (TPSA) is 80.9 Å². The van der Waals surface area contributed by atoms with Crippen LogP contribution in [-0.4, -0.2) is 28.0 Å². The zero-order valence-electron chi connectivity index (χ0n) is 10.5. The Morgan fingerprint density at radius 2 is 2.06 bits per heavy atom. The lowest BCUT2D eigenvalue weighted by molar-refractivity contribution is 0.0917. The molecule has 0 spiro atoms. The number of nitrogens with one attached hydrogen (secondary N) is 1. The molecule has 0 bridgehead atoms. The highest BCUT2D eigenvalue weighted by Gasteiger charge is 2.20. The number of rotatable bonds is 3. The molecule has 18 heavy (non-hydrogen) atoms. The second kappa shape index (κ2) is 4.70. The molecule has 5 heteroatoms. The van der Waals surface area contributed by atoms with Gasteiger partial charge in [0.05, 0.1) is 11.1 Å². The summed E-state index contributed by atoms with van der Waals surface area (Å²) in [7, 11) is 0. The number of para-hydroxylation sites is 1. The third-order valence-corrected chi connectivity index (χ3v) is 2.71. The summed E-state index contributed by atoms with van der Waals surface area (Å²) in [5.41, 5.74) is 6.98. The summed E-state index contributed by atoms with van der Waals surface area (Å²) in [5, 5.41) is 2.88. The predicted molar refractivity (Wildman–Crippen MR) is 70.1 cm³/mol. The summed E-state index contributed by atoms with van der Waals surface area (Å²) in [4.78, 5) is 20.6. The van der Waals surface area contributed by atoms with Gasteiger partial charge in [-0.3, -0.25) is 14.8 Å². The highest BCUT2D eigenvalue weighted by Crippen LogP contribution is 2.14. The highest BCUT2D eigenvalue weighted by molar-refractivity contribution is 6.04. The molecular formula is C13H16N4O. The van der Waals surface area contributed by atoms with Crippen LogP contribution in [0.4, 0.5) is 0 Å². The van der Waals surface area contributed by atoms with Gasteiger partial charge in [0.15, 0.2) is 0 Å². The lowest BCUT2D eigenvalue weighted by Crippen LogP contribution is -2.48. The average molecular weight is 244 g/mol. The Labute approximate surface area is 105 Å². The van der Waals surface area contributed by atoms with E-state index in [-0.39, 0.29) is 5.91 Å². The summed E-state index contributed by atoms with van der Waals surface area (Å²) in [5.74, 6) is -0.184. The average Bonchev–Trinajstić information content (AvgIpc) is 2.37. The molecule has 94 valence electrons. The van der Waals surface area contributed by atoms with Gasteiger partial charge in [-0.15, -0.1) is 0 Å². The van der Waals surface area contributed by atoms with Gasteiger partial charge in [0.25, 0.3) is 5.91 Å². The van der Waals surface area contributed by atoms with E-state index in [0.29, 0.717) is 23.1 Å². The maximum Gasteiger partial charge on any atom is 0.254 e. The van der Waals surface area contributed by atoms with E-state index in [0.717, 1.165) is 0 Å². The molecule has 1 aromatic heterocycles. The molecule has 2 aromatic rings. The highest BCUT2D eigenvalue weighted by atomic mass is 16.1. The first-order valence-electron chi connectivity index (χ1n) is 5.76. The van der Waals surface area contributed by atoms with Crippen molar-refractivity contribution in [2.75, 3.05) is 6.54 Å². The second-order valence-electron chi connectivity index (χ2n) is 4.77. The van der Waals surface area contributed by atoms with Gasteiger partial charge >= 0.3 is 0 Å². The molecule has 2 rings (SSSR count). The molecule has 5 nitrogen and oxygen atoms in total. The molecular weight excluding hydrogens is 228 g/mol. The minimum absolute atomic E-state index is 0.184. The van der Waals surface area contributed by atoms with E-state index < -0.39 is 5.54 Å². The van der Waals surface area contributed by atoms with Crippen molar-refractivity contribution in [3.05, 3.63) is 36.2 Å². The number of carbonyl (C=O) groups excluding carboxylic acids is 1. The molecule has 0 radical (unpaired) electrons. The number of hydrogen-bond acceptors (Lipinski definition) is 4. The van der Waals surface area contributed by atoms with Crippen LogP contribution in [0.2, 0.25) is 0 Å². The van der Waals surface area contributed by atoms with Crippen molar-refractivity contribution in [3.63, 3.8) is 0 Å². The largest absolute Gasteiger partial charge is 0.346 e. The molecule has 1 amide bonds. The molecule has 0 saturated heterocycles. The number of fused-ring (bicyclic) bond motifs is 1. The van der Waals surface area contributed by atoms with Crippen molar-refractivity contribution in [1.82, 2.24) is 15.3 Å². The summed E-state index contributed by atoms with van der Waals surface area (Å²) in [6, 6.07) is 5.35. The van der Waals surface area contributed by atoms with Gasteiger partial charge in [-0.05, 0) is 26.0 Å². The predicted octanol–water partition coefficient (Wildman–Crippen LogP) is 1.10. The fourth-order valence-corrected chi connectivity index (χ4v) is 1.60. The molecule has 1 aromatic carbocycles. The van der Waals surface area contributed by atoms with Crippen LogP contribution in [0.25, 0.3) is 11.0 Å². The van der Waals surface area contributed by atoms with Crippen LogP contribution in [0.3, 0.4) is 0 Å². The number of hydrogen-bond donors (Lipinski definition) is 2. The van der Waals surface area contributed by atoms with E-state index >= 15 is 0 Å². The number of benzene rings is 1. The van der Waals surface area contributed by atoms with Crippen LogP contribution >= 0.6 is 0 Å². The third kappa shape index (κ3) is 2.46. The van der Waals surface area contributed by atoms with E-state index in [9.17, 15) is 4.79 Å². The number of aromatic nitrogens is 2. The lowest BCUT2D eigenvalue weighted by atomic mass is 10.0. The van der Waals surface area contributed by atoms with Crippen molar-refractivity contribution < 1.29 is 4.79 Å². The second-order valence-corrected chi connectivity index (χ2v) is 4.77. The van der Waals surface area contributed by atoms with E-state index in [1.54, 1.807) is 24.5 Å². The molecule has 0 fully saturated rings. The number of amides is 1. The number of nitrogens with two attached hydrogens (primary N) is 1. The smallest absolute Gasteiger partial charge is 0.254 e. The first kappa shape index (κ1) is 12.4. The monoisotopic (exact) mass is 244 g/mol. The molecule has 0 saturated carbocycles. The SMILES string of the molecule is CC(C)(CN)NC(=O)c1cccc2nccnc12. The van der Waals surface area contributed by atoms with Crippen LogP contribution in [0.5, 0.6) is 0 Å². The van der Waals surface area contributed by atoms with Crippen LogP contribution in [-0.2, 0) is 0 Å². The van der Waals surface area contributed by atoms with Gasteiger partial charge < -0.3 is 11.1 Å². The van der Waals surface area contributed by atoms with Crippen molar-refractivity contribution in [2.45, 2.75) is 19.4 Å². The van der Waals surface area contributed by atoms with Crippen molar-refractivity contribution in [3.8, 4) is 0 Å². The van der Waals surface area contributed by atoms with Crippen molar-refractivity contribution >= 4 is 16.9 Å². The normalized spacial score (nSPS) is 11.5. The molecule has 0 unspecified atom stereocenters. The van der Waals surface area contributed by atoms with Gasteiger partial charge in [-0.25, -0.2) is 0 Å².